The van der Waals surface area contributed by atoms with Crippen molar-refractivity contribution in [2.75, 3.05) is 26.7 Å². The molecule has 0 atom stereocenters. The molecule has 3 heteroatoms. The van der Waals surface area contributed by atoms with Crippen LogP contribution in [0.25, 0.3) is 0 Å². The van der Waals surface area contributed by atoms with E-state index in [1.807, 2.05) is 0 Å². The Balaban J connectivity index is 0.00000484. The Bertz CT molecular complexity index is 287. The van der Waals surface area contributed by atoms with Crippen molar-refractivity contribution in [2.45, 2.75) is 96.8 Å². The fourth-order valence-corrected chi connectivity index (χ4v) is 3.65. The van der Waals surface area contributed by atoms with E-state index >= 15 is 0 Å². The van der Waals surface area contributed by atoms with Crippen molar-refractivity contribution in [2.24, 2.45) is 0 Å². The number of ketones is 1. The molecule has 0 saturated carbocycles. The first-order chi connectivity index (χ1) is 10.7. The number of hydrogen-bond acceptors (Lipinski definition) is 1. The summed E-state index contributed by atoms with van der Waals surface area (Å²) in [6.45, 7) is 5.91. The molecule has 0 aliphatic carbocycles. The number of Topliss-reactive ketones (excluding diaryl/α,β-unsaturated/α-hetero) is 1. The van der Waals surface area contributed by atoms with Gasteiger partial charge in [-0.2, -0.15) is 0 Å². The van der Waals surface area contributed by atoms with E-state index < -0.39 is 0 Å². The number of likely N-dealkylation sites (tertiary alicyclic amines) is 1. The monoisotopic (exact) mass is 345 g/mol. The Kier molecular flexibility index (Phi) is 14.2. The molecule has 0 aromatic rings. The lowest BCUT2D eigenvalue weighted by Gasteiger charge is -2.37. The Labute approximate surface area is 151 Å². The molecule has 0 N–H and O–H groups in total. The Hall–Kier alpha value is -0.0800. The van der Waals surface area contributed by atoms with Gasteiger partial charge in [-0.15, -0.1) is 0 Å². The van der Waals surface area contributed by atoms with Gasteiger partial charge in [0.15, 0.2) is 0 Å². The molecule has 0 unspecified atom stereocenters. The zero-order chi connectivity index (χ0) is 16.1. The van der Waals surface area contributed by atoms with Gasteiger partial charge in [-0.25, -0.2) is 0 Å². The first kappa shape index (κ1) is 22.9. The maximum atomic E-state index is 12.0. The minimum absolute atomic E-state index is 0. The number of halogens is 1. The molecule has 0 bridgehead atoms. The molecule has 23 heavy (non-hydrogen) atoms. The number of nitrogens with zero attached hydrogens (tertiary/aromatic N) is 1. The molecule has 0 radical (unpaired) electrons. The number of carbonyl (C=O) groups excluding carboxylic acids is 1. The second kappa shape index (κ2) is 14.3. The van der Waals surface area contributed by atoms with Crippen LogP contribution in [0.5, 0.6) is 0 Å². The van der Waals surface area contributed by atoms with Gasteiger partial charge in [0.25, 0.3) is 0 Å². The second-order valence-electron chi connectivity index (χ2n) is 7.72. The molecule has 0 amide bonds. The highest BCUT2D eigenvalue weighted by Gasteiger charge is 2.24. The first-order valence-corrected chi connectivity index (χ1v) is 10.0. The number of unbranched alkanes of at least 4 members (excludes halogenated alkanes) is 8. The molecule has 0 aromatic heterocycles. The van der Waals surface area contributed by atoms with E-state index in [0.717, 1.165) is 30.3 Å². The number of hydrogen-bond donors (Lipinski definition) is 0. The third-order valence-electron chi connectivity index (χ3n) is 5.39. The van der Waals surface area contributed by atoms with Crippen molar-refractivity contribution < 1.29 is 21.7 Å². The van der Waals surface area contributed by atoms with E-state index in [0.29, 0.717) is 5.78 Å². The van der Waals surface area contributed by atoms with Crippen molar-refractivity contribution in [3.8, 4) is 0 Å². The average Bonchev–Trinajstić information content (AvgIpc) is 2.52. The molecule has 1 aliphatic rings. The highest BCUT2D eigenvalue weighted by molar-refractivity contribution is 5.78. The zero-order valence-corrected chi connectivity index (χ0v) is 16.5. The fraction of sp³-hybridized carbons (Fsp3) is 0.950. The highest BCUT2D eigenvalue weighted by Crippen LogP contribution is 2.17. The average molecular weight is 346 g/mol. The molecule has 138 valence electrons. The molecular formula is C20H40ClNO. The molecule has 1 saturated heterocycles. The van der Waals surface area contributed by atoms with Crippen LogP contribution in [0.3, 0.4) is 0 Å². The summed E-state index contributed by atoms with van der Waals surface area (Å²) < 4.78 is 1.14. The summed E-state index contributed by atoms with van der Waals surface area (Å²) in [7, 11) is 2.34. The highest BCUT2D eigenvalue weighted by atomic mass is 35.5. The fourth-order valence-electron chi connectivity index (χ4n) is 3.65. The van der Waals surface area contributed by atoms with Crippen LogP contribution in [-0.4, -0.2) is 36.9 Å². The van der Waals surface area contributed by atoms with Crippen LogP contribution in [0.1, 0.15) is 96.8 Å². The summed E-state index contributed by atoms with van der Waals surface area (Å²) in [4.78, 5) is 12.0. The van der Waals surface area contributed by atoms with Crippen LogP contribution < -0.4 is 12.4 Å². The molecule has 0 aromatic carbocycles. The van der Waals surface area contributed by atoms with Crippen molar-refractivity contribution in [3.05, 3.63) is 0 Å². The predicted octanol–water partition coefficient (Wildman–Crippen LogP) is 2.50. The van der Waals surface area contributed by atoms with Gasteiger partial charge in [0.05, 0.1) is 33.1 Å². The third kappa shape index (κ3) is 12.0. The molecule has 1 heterocycles. The maximum Gasteiger partial charge on any atom is 0.138 e. The summed E-state index contributed by atoms with van der Waals surface area (Å²) in [6, 6.07) is 0. The van der Waals surface area contributed by atoms with Gasteiger partial charge < -0.3 is 16.9 Å². The third-order valence-corrected chi connectivity index (χ3v) is 5.39. The lowest BCUT2D eigenvalue weighted by molar-refractivity contribution is -0.913. The number of quaternary nitrogens is 1. The summed E-state index contributed by atoms with van der Waals surface area (Å²) >= 11 is 0. The predicted molar refractivity (Wildman–Crippen MR) is 96.1 cm³/mol. The van der Waals surface area contributed by atoms with Crippen LogP contribution in [0, 0.1) is 0 Å². The van der Waals surface area contributed by atoms with Crippen LogP contribution in [-0.2, 0) is 4.79 Å². The molecule has 0 spiro atoms. The van der Waals surface area contributed by atoms with Gasteiger partial charge in [-0.1, -0.05) is 58.3 Å². The van der Waals surface area contributed by atoms with Crippen LogP contribution in [0.2, 0.25) is 0 Å². The molecule has 1 fully saturated rings. The summed E-state index contributed by atoms with van der Waals surface area (Å²) in [5, 5.41) is 0. The van der Waals surface area contributed by atoms with Gasteiger partial charge >= 0.3 is 0 Å². The topological polar surface area (TPSA) is 17.1 Å². The van der Waals surface area contributed by atoms with Gasteiger partial charge in [-0.05, 0) is 25.7 Å². The molecular weight excluding hydrogens is 306 g/mol. The molecule has 1 rings (SSSR count). The van der Waals surface area contributed by atoms with E-state index in [4.69, 9.17) is 0 Å². The van der Waals surface area contributed by atoms with Crippen molar-refractivity contribution >= 4 is 5.78 Å². The van der Waals surface area contributed by atoms with E-state index in [2.05, 4.69) is 14.0 Å². The Morgan fingerprint density at radius 3 is 1.87 bits per heavy atom. The van der Waals surface area contributed by atoms with Crippen molar-refractivity contribution in [3.63, 3.8) is 0 Å². The van der Waals surface area contributed by atoms with Gasteiger partial charge in [-0.3, -0.25) is 4.79 Å². The summed E-state index contributed by atoms with van der Waals surface area (Å²) in [6.07, 6.45) is 17.7. The van der Waals surface area contributed by atoms with E-state index in [1.165, 1.54) is 83.7 Å². The minimum Gasteiger partial charge on any atom is -1.00 e. The van der Waals surface area contributed by atoms with Crippen LogP contribution in [0.15, 0.2) is 0 Å². The van der Waals surface area contributed by atoms with E-state index in [1.54, 1.807) is 0 Å². The standard InChI is InChI=1S/C20H40NO.ClH/c1-3-4-5-6-7-8-9-10-12-15-20(22)16-19-21(2)17-13-11-14-18-21;/h3-19H2,1-2H3;1H/q+1;/p-1. The van der Waals surface area contributed by atoms with Crippen LogP contribution >= 0.6 is 0 Å². The summed E-state index contributed by atoms with van der Waals surface area (Å²) in [5.74, 6) is 0.507. The Morgan fingerprint density at radius 1 is 0.783 bits per heavy atom. The smallest absolute Gasteiger partial charge is 0.138 e. The second-order valence-corrected chi connectivity index (χ2v) is 7.72. The number of carbonyl (C=O) groups is 1. The minimum atomic E-state index is 0. The summed E-state index contributed by atoms with van der Waals surface area (Å²) in [5.41, 5.74) is 0. The molecule has 1 aliphatic heterocycles. The zero-order valence-electron chi connectivity index (χ0n) is 15.8. The first-order valence-electron chi connectivity index (χ1n) is 10.0. The lowest BCUT2D eigenvalue weighted by Crippen LogP contribution is -3.00. The largest absolute Gasteiger partial charge is 1.00 e. The van der Waals surface area contributed by atoms with Gasteiger partial charge in [0.2, 0.25) is 0 Å². The normalized spacial score (nSPS) is 16.8. The van der Waals surface area contributed by atoms with Gasteiger partial charge in [0, 0.05) is 6.42 Å². The number of piperidine rings is 1. The number of rotatable bonds is 13. The van der Waals surface area contributed by atoms with Crippen LogP contribution in [0.4, 0.5) is 0 Å². The van der Waals surface area contributed by atoms with E-state index in [-0.39, 0.29) is 12.4 Å². The lowest BCUT2D eigenvalue weighted by atomic mass is 10.0. The van der Waals surface area contributed by atoms with E-state index in [9.17, 15) is 4.79 Å². The SMILES string of the molecule is CCCCCCCCCCCC(=O)CC[N+]1(C)CCCCC1.[Cl-]. The quantitative estimate of drug-likeness (QED) is 0.370. The van der Waals surface area contributed by atoms with Crippen molar-refractivity contribution in [1.82, 2.24) is 0 Å². The maximum absolute atomic E-state index is 12.0. The van der Waals surface area contributed by atoms with Gasteiger partial charge in [0.1, 0.15) is 5.78 Å². The van der Waals surface area contributed by atoms with Crippen molar-refractivity contribution in [1.29, 1.82) is 0 Å². The Morgan fingerprint density at radius 2 is 1.30 bits per heavy atom. The molecule has 2 nitrogen and oxygen atoms in total.